The van der Waals surface area contributed by atoms with Crippen LogP contribution in [-0.2, 0) is 4.74 Å². The Morgan fingerprint density at radius 3 is 2.50 bits per heavy atom. The zero-order chi connectivity index (χ0) is 13.1. The van der Waals surface area contributed by atoms with Crippen LogP contribution in [0.4, 0.5) is 0 Å². The van der Waals surface area contributed by atoms with Crippen LogP contribution < -0.4 is 0 Å². The Balaban J connectivity index is 2.68. The average molecular weight is 243 g/mol. The molecule has 18 heavy (non-hydrogen) atoms. The van der Waals surface area contributed by atoms with Crippen molar-refractivity contribution >= 4 is 22.5 Å². The van der Waals surface area contributed by atoms with Crippen molar-refractivity contribution < 1.29 is 14.3 Å². The third kappa shape index (κ3) is 2.09. The van der Waals surface area contributed by atoms with Gasteiger partial charge in [-0.05, 0) is 6.92 Å². The number of carbonyl (C=O) groups is 2. The first-order valence-electron chi connectivity index (χ1n) is 5.71. The number of pyridine rings is 1. The predicted octanol–water partition coefficient (Wildman–Crippen LogP) is 2.61. The molecule has 0 aliphatic heterocycles. The molecule has 0 radical (unpaired) electrons. The maximum Gasteiger partial charge on any atom is 0.340 e. The number of aromatic nitrogens is 1. The van der Waals surface area contributed by atoms with Gasteiger partial charge in [-0.25, -0.2) is 4.79 Å². The lowest BCUT2D eigenvalue weighted by atomic mass is 10.0. The molecular weight excluding hydrogens is 230 g/mol. The second-order valence-electron chi connectivity index (χ2n) is 3.84. The number of rotatable bonds is 3. The highest BCUT2D eigenvalue weighted by molar-refractivity contribution is 6.11. The van der Waals surface area contributed by atoms with Crippen LogP contribution in [0, 0.1) is 0 Å². The van der Waals surface area contributed by atoms with Gasteiger partial charge in [-0.1, -0.05) is 24.3 Å². The summed E-state index contributed by atoms with van der Waals surface area (Å²) in [7, 11) is 0. The number of Topliss-reactive ketones (excluding diaryl/α,β-unsaturated/α-hetero) is 1. The molecule has 0 aliphatic rings. The van der Waals surface area contributed by atoms with Crippen molar-refractivity contribution in [2.24, 2.45) is 0 Å². The molecule has 0 saturated heterocycles. The number of hydrogen-bond acceptors (Lipinski definition) is 4. The molecule has 0 aliphatic carbocycles. The highest BCUT2D eigenvalue weighted by Gasteiger charge is 2.15. The van der Waals surface area contributed by atoms with Crippen LogP contribution in [0.5, 0.6) is 0 Å². The van der Waals surface area contributed by atoms with Crippen molar-refractivity contribution in [1.29, 1.82) is 0 Å². The summed E-state index contributed by atoms with van der Waals surface area (Å²) in [5.74, 6) is -0.544. The third-order valence-electron chi connectivity index (χ3n) is 2.62. The van der Waals surface area contributed by atoms with E-state index in [-0.39, 0.29) is 5.78 Å². The van der Waals surface area contributed by atoms with E-state index in [9.17, 15) is 9.59 Å². The van der Waals surface area contributed by atoms with Gasteiger partial charge in [0.05, 0.1) is 12.2 Å². The minimum absolute atomic E-state index is 0.124. The van der Waals surface area contributed by atoms with Crippen LogP contribution >= 0.6 is 0 Å². The number of carbonyl (C=O) groups excluding carboxylic acids is 2. The Morgan fingerprint density at radius 1 is 1.22 bits per heavy atom. The van der Waals surface area contributed by atoms with Crippen LogP contribution in [0.25, 0.3) is 10.8 Å². The molecule has 0 saturated carbocycles. The normalized spacial score (nSPS) is 10.3. The quantitative estimate of drug-likeness (QED) is 0.614. The topological polar surface area (TPSA) is 56.3 Å². The first-order chi connectivity index (χ1) is 8.65. The number of esters is 1. The van der Waals surface area contributed by atoms with E-state index in [0.29, 0.717) is 28.6 Å². The Bertz CT molecular complexity index is 619. The van der Waals surface area contributed by atoms with Crippen molar-refractivity contribution in [1.82, 2.24) is 4.98 Å². The molecule has 2 rings (SSSR count). The minimum Gasteiger partial charge on any atom is -0.462 e. The first-order valence-corrected chi connectivity index (χ1v) is 5.71. The standard InChI is InChI=1S/C14H13NO3/c1-3-18-14(17)12-8-15-13(9(2)16)11-7-5-4-6-10(11)12/h4-8H,3H2,1-2H3. The van der Waals surface area contributed by atoms with Crippen molar-refractivity contribution in [3.8, 4) is 0 Å². The van der Waals surface area contributed by atoms with Gasteiger partial charge in [0.2, 0.25) is 0 Å². The van der Waals surface area contributed by atoms with Crippen LogP contribution in [0.15, 0.2) is 30.5 Å². The van der Waals surface area contributed by atoms with Crippen molar-refractivity contribution in [3.63, 3.8) is 0 Å². The summed E-state index contributed by atoms with van der Waals surface area (Å²) < 4.78 is 4.97. The van der Waals surface area contributed by atoms with Gasteiger partial charge in [0.1, 0.15) is 5.69 Å². The second kappa shape index (κ2) is 4.96. The summed E-state index contributed by atoms with van der Waals surface area (Å²) in [5.41, 5.74) is 0.760. The molecule has 92 valence electrons. The van der Waals surface area contributed by atoms with E-state index in [1.165, 1.54) is 13.1 Å². The van der Waals surface area contributed by atoms with E-state index in [2.05, 4.69) is 4.98 Å². The van der Waals surface area contributed by atoms with E-state index < -0.39 is 5.97 Å². The van der Waals surface area contributed by atoms with Crippen LogP contribution in [0.2, 0.25) is 0 Å². The third-order valence-corrected chi connectivity index (χ3v) is 2.62. The Labute approximate surface area is 105 Å². The van der Waals surface area contributed by atoms with Crippen molar-refractivity contribution in [2.45, 2.75) is 13.8 Å². The van der Waals surface area contributed by atoms with Gasteiger partial charge in [-0.15, -0.1) is 0 Å². The monoisotopic (exact) mass is 243 g/mol. The van der Waals surface area contributed by atoms with Crippen LogP contribution in [-0.4, -0.2) is 23.3 Å². The Hall–Kier alpha value is -2.23. The van der Waals surface area contributed by atoms with Crippen LogP contribution in [0.1, 0.15) is 34.7 Å². The molecule has 0 spiro atoms. The van der Waals surface area contributed by atoms with Gasteiger partial charge in [0, 0.05) is 23.9 Å². The zero-order valence-corrected chi connectivity index (χ0v) is 10.3. The van der Waals surface area contributed by atoms with E-state index in [1.54, 1.807) is 19.1 Å². The fourth-order valence-corrected chi connectivity index (χ4v) is 1.84. The number of benzene rings is 1. The number of ketones is 1. The smallest absolute Gasteiger partial charge is 0.340 e. The van der Waals surface area contributed by atoms with Crippen molar-refractivity contribution in [3.05, 3.63) is 41.7 Å². The number of nitrogens with zero attached hydrogens (tertiary/aromatic N) is 1. The fourth-order valence-electron chi connectivity index (χ4n) is 1.84. The number of fused-ring (bicyclic) bond motifs is 1. The maximum atomic E-state index is 11.8. The first kappa shape index (κ1) is 12.2. The van der Waals surface area contributed by atoms with Gasteiger partial charge >= 0.3 is 5.97 Å². The lowest BCUT2D eigenvalue weighted by Crippen LogP contribution is -2.08. The number of hydrogen-bond donors (Lipinski definition) is 0. The molecule has 0 bridgehead atoms. The summed E-state index contributed by atoms with van der Waals surface area (Å²) in [4.78, 5) is 27.3. The average Bonchev–Trinajstić information content (AvgIpc) is 2.37. The van der Waals surface area contributed by atoms with Crippen molar-refractivity contribution in [2.75, 3.05) is 6.61 Å². The molecule has 1 aromatic carbocycles. The molecule has 2 aromatic rings. The highest BCUT2D eigenvalue weighted by Crippen LogP contribution is 2.22. The fraction of sp³-hybridized carbons (Fsp3) is 0.214. The molecular formula is C14H13NO3. The van der Waals surface area contributed by atoms with Gasteiger partial charge in [0.25, 0.3) is 0 Å². The molecule has 1 aromatic heterocycles. The summed E-state index contributed by atoms with van der Waals surface area (Å²) in [6, 6.07) is 7.19. The Morgan fingerprint density at radius 2 is 1.89 bits per heavy atom. The van der Waals surface area contributed by atoms with E-state index >= 15 is 0 Å². The molecule has 0 amide bonds. The lowest BCUT2D eigenvalue weighted by molar-refractivity contribution is 0.0528. The summed E-state index contributed by atoms with van der Waals surface area (Å²) in [6.45, 7) is 3.51. The largest absolute Gasteiger partial charge is 0.462 e. The zero-order valence-electron chi connectivity index (χ0n) is 10.3. The number of ether oxygens (including phenoxy) is 1. The molecule has 0 N–H and O–H groups in total. The van der Waals surface area contributed by atoms with Gasteiger partial charge in [0.15, 0.2) is 5.78 Å². The van der Waals surface area contributed by atoms with E-state index in [1.807, 2.05) is 12.1 Å². The lowest BCUT2D eigenvalue weighted by Gasteiger charge is -2.07. The summed E-state index contributed by atoms with van der Waals surface area (Å²) in [6.07, 6.45) is 1.40. The minimum atomic E-state index is -0.420. The SMILES string of the molecule is CCOC(=O)c1cnc(C(C)=O)c2ccccc12. The highest BCUT2D eigenvalue weighted by atomic mass is 16.5. The summed E-state index contributed by atoms with van der Waals surface area (Å²) in [5, 5.41) is 1.37. The van der Waals surface area contributed by atoms with E-state index in [0.717, 1.165) is 0 Å². The van der Waals surface area contributed by atoms with Gasteiger partial charge in [-0.3, -0.25) is 9.78 Å². The second-order valence-corrected chi connectivity index (χ2v) is 3.84. The van der Waals surface area contributed by atoms with Crippen LogP contribution in [0.3, 0.4) is 0 Å². The van der Waals surface area contributed by atoms with E-state index in [4.69, 9.17) is 4.74 Å². The maximum absolute atomic E-state index is 11.8. The van der Waals surface area contributed by atoms with Gasteiger partial charge in [-0.2, -0.15) is 0 Å². The molecule has 0 fully saturated rings. The predicted molar refractivity (Wildman–Crippen MR) is 67.7 cm³/mol. The Kier molecular flexibility index (Phi) is 3.37. The molecule has 1 heterocycles. The summed E-state index contributed by atoms with van der Waals surface area (Å²) >= 11 is 0. The molecule has 0 unspecified atom stereocenters. The molecule has 0 atom stereocenters. The molecule has 4 heteroatoms. The molecule has 4 nitrogen and oxygen atoms in total. The van der Waals surface area contributed by atoms with Gasteiger partial charge < -0.3 is 4.74 Å².